The molecule has 0 aliphatic carbocycles. The van der Waals surface area contributed by atoms with Crippen LogP contribution in [0, 0.1) is 0 Å². The maximum Gasteiger partial charge on any atom is 0.417 e. The predicted molar refractivity (Wildman–Crippen MR) is 142 cm³/mol. The Morgan fingerprint density at radius 2 is 1.79 bits per heavy atom. The molecule has 3 aromatic carbocycles. The van der Waals surface area contributed by atoms with Gasteiger partial charge in [0.15, 0.2) is 5.41 Å². The Hall–Kier alpha value is -3.37. The zero-order valence-corrected chi connectivity index (χ0v) is 22.4. The fourth-order valence-corrected chi connectivity index (χ4v) is 4.83. The number of rotatable bonds is 7. The largest absolute Gasteiger partial charge is 0.465 e. The van der Waals surface area contributed by atoms with Crippen LogP contribution >= 0.6 is 27.5 Å². The summed E-state index contributed by atoms with van der Waals surface area (Å²) in [6.07, 6.45) is -4.65. The number of alkyl halides is 3. The number of carbonyl (C=O) groups is 2. The van der Waals surface area contributed by atoms with E-state index in [-0.39, 0.29) is 31.0 Å². The van der Waals surface area contributed by atoms with E-state index in [1.807, 2.05) is 0 Å². The van der Waals surface area contributed by atoms with Crippen LogP contribution in [0.3, 0.4) is 0 Å². The zero-order chi connectivity index (χ0) is 27.5. The molecule has 0 radical (unpaired) electrons. The van der Waals surface area contributed by atoms with Gasteiger partial charge in [-0.25, -0.2) is 0 Å². The summed E-state index contributed by atoms with van der Waals surface area (Å²) in [5.41, 5.74) is -1.10. The first-order chi connectivity index (χ1) is 18.0. The number of anilines is 1. The molecule has 0 fully saturated rings. The Bertz CT molecular complexity index is 1370. The normalized spacial score (nSPS) is 17.2. The van der Waals surface area contributed by atoms with Crippen molar-refractivity contribution in [2.45, 2.75) is 18.5 Å². The number of nitrogens with zero attached hydrogens (tertiary/aromatic N) is 2. The van der Waals surface area contributed by atoms with Crippen molar-refractivity contribution in [2.75, 3.05) is 25.0 Å². The number of hydrogen-bond acceptors (Lipinski definition) is 5. The Morgan fingerprint density at radius 3 is 2.39 bits per heavy atom. The van der Waals surface area contributed by atoms with E-state index >= 15 is 0 Å². The minimum atomic E-state index is -4.65. The van der Waals surface area contributed by atoms with E-state index in [0.29, 0.717) is 11.3 Å². The van der Waals surface area contributed by atoms with Gasteiger partial charge in [0.1, 0.15) is 6.54 Å². The first kappa shape index (κ1) is 27.7. The van der Waals surface area contributed by atoms with Gasteiger partial charge in [-0.1, -0.05) is 63.9 Å². The lowest BCUT2D eigenvalue weighted by molar-refractivity contribution is -0.147. The van der Waals surface area contributed by atoms with Gasteiger partial charge in [0.2, 0.25) is 5.91 Å². The van der Waals surface area contributed by atoms with Crippen molar-refractivity contribution in [1.82, 2.24) is 5.01 Å². The van der Waals surface area contributed by atoms with Crippen LogP contribution in [0.5, 0.6) is 0 Å². The standard InChI is InChI=1S/C27H22BrClF3N3O3/c1-2-38-25(37)26(18-6-4-3-5-7-18)16-35(15-23(36)33-20-11-9-19(28)10-12-20)34-24(26)17-8-13-21(22(29)14-17)27(30,31)32/h3-14H,2,15-16H2,1H3,(H,33,36). The van der Waals surface area contributed by atoms with Crippen LogP contribution in [0.1, 0.15) is 23.6 Å². The number of esters is 1. The zero-order valence-electron chi connectivity index (χ0n) is 20.1. The maximum absolute atomic E-state index is 13.6. The SMILES string of the molecule is CCOC(=O)C1(c2ccccc2)CN(CC(=O)Nc2ccc(Br)cc2)N=C1c1ccc(C(F)(F)F)c(Cl)c1. The molecule has 38 heavy (non-hydrogen) atoms. The molecule has 0 bridgehead atoms. The summed E-state index contributed by atoms with van der Waals surface area (Å²) >= 11 is 9.36. The first-order valence-electron chi connectivity index (χ1n) is 11.5. The van der Waals surface area contributed by atoms with Crippen LogP contribution in [-0.4, -0.2) is 42.3 Å². The van der Waals surface area contributed by atoms with Crippen molar-refractivity contribution < 1.29 is 27.5 Å². The highest BCUT2D eigenvalue weighted by atomic mass is 79.9. The molecule has 1 amide bonds. The average Bonchev–Trinajstić information content (AvgIpc) is 3.25. The molecule has 4 rings (SSSR count). The van der Waals surface area contributed by atoms with Crippen LogP contribution in [0.25, 0.3) is 0 Å². The number of amides is 1. The van der Waals surface area contributed by atoms with Crippen LogP contribution < -0.4 is 5.32 Å². The Kier molecular flexibility index (Phi) is 8.13. The molecule has 1 unspecified atom stereocenters. The van der Waals surface area contributed by atoms with E-state index in [1.165, 1.54) is 11.1 Å². The van der Waals surface area contributed by atoms with Gasteiger partial charge in [-0.2, -0.15) is 18.3 Å². The molecule has 1 N–H and O–H groups in total. The molecule has 1 atom stereocenters. The highest BCUT2D eigenvalue weighted by Crippen LogP contribution is 2.40. The molecule has 0 saturated carbocycles. The Labute approximate surface area is 230 Å². The summed E-state index contributed by atoms with van der Waals surface area (Å²) in [6.45, 7) is 1.43. The van der Waals surface area contributed by atoms with Gasteiger partial charge in [0.05, 0.1) is 29.4 Å². The van der Waals surface area contributed by atoms with Gasteiger partial charge in [-0.05, 0) is 48.9 Å². The summed E-state index contributed by atoms with van der Waals surface area (Å²) < 4.78 is 46.4. The lowest BCUT2D eigenvalue weighted by Gasteiger charge is -2.29. The molecule has 1 aliphatic heterocycles. The van der Waals surface area contributed by atoms with Gasteiger partial charge in [-0.3, -0.25) is 14.6 Å². The first-order valence-corrected chi connectivity index (χ1v) is 12.7. The fraction of sp³-hybridized carbons (Fsp3) is 0.222. The van der Waals surface area contributed by atoms with E-state index in [9.17, 15) is 22.8 Å². The van der Waals surface area contributed by atoms with E-state index in [2.05, 4.69) is 26.3 Å². The number of hydrogen-bond donors (Lipinski definition) is 1. The van der Waals surface area contributed by atoms with Gasteiger partial charge in [-0.15, -0.1) is 0 Å². The Morgan fingerprint density at radius 1 is 1.11 bits per heavy atom. The quantitative estimate of drug-likeness (QED) is 0.321. The summed E-state index contributed by atoms with van der Waals surface area (Å²) in [5, 5.41) is 8.20. The topological polar surface area (TPSA) is 71.0 Å². The third-order valence-electron chi connectivity index (χ3n) is 5.96. The lowest BCUT2D eigenvalue weighted by atomic mass is 9.74. The third-order valence-corrected chi connectivity index (χ3v) is 6.80. The van der Waals surface area contributed by atoms with Gasteiger partial charge >= 0.3 is 12.1 Å². The molecule has 1 aliphatic rings. The number of benzene rings is 3. The van der Waals surface area contributed by atoms with Crippen molar-refractivity contribution in [3.63, 3.8) is 0 Å². The van der Waals surface area contributed by atoms with Crippen molar-refractivity contribution in [3.8, 4) is 0 Å². The van der Waals surface area contributed by atoms with E-state index in [1.54, 1.807) is 61.5 Å². The predicted octanol–water partition coefficient (Wildman–Crippen LogP) is 6.28. The summed E-state index contributed by atoms with van der Waals surface area (Å²) in [4.78, 5) is 26.4. The minimum absolute atomic E-state index is 0.0680. The van der Waals surface area contributed by atoms with Gasteiger partial charge in [0, 0.05) is 15.7 Å². The second-order valence-corrected chi connectivity index (χ2v) is 9.83. The number of hydrazone groups is 1. The van der Waals surface area contributed by atoms with E-state index in [0.717, 1.165) is 16.6 Å². The van der Waals surface area contributed by atoms with Crippen molar-refractivity contribution >= 4 is 50.8 Å². The monoisotopic (exact) mass is 607 g/mol. The fourth-order valence-electron chi connectivity index (χ4n) is 4.28. The molecule has 0 saturated heterocycles. The molecular formula is C27H22BrClF3N3O3. The Balaban J connectivity index is 1.76. The molecule has 0 aromatic heterocycles. The molecule has 6 nitrogen and oxygen atoms in total. The van der Waals surface area contributed by atoms with Crippen molar-refractivity contribution in [1.29, 1.82) is 0 Å². The highest BCUT2D eigenvalue weighted by Gasteiger charge is 2.53. The van der Waals surface area contributed by atoms with E-state index < -0.39 is 34.1 Å². The van der Waals surface area contributed by atoms with Crippen molar-refractivity contribution in [2.24, 2.45) is 5.10 Å². The number of halogens is 5. The van der Waals surface area contributed by atoms with Gasteiger partial charge in [0.25, 0.3) is 0 Å². The number of carbonyl (C=O) groups excluding carboxylic acids is 2. The van der Waals surface area contributed by atoms with Crippen LogP contribution in [0.15, 0.2) is 82.4 Å². The maximum atomic E-state index is 13.6. The molecule has 11 heteroatoms. The highest BCUT2D eigenvalue weighted by molar-refractivity contribution is 9.10. The molecule has 198 valence electrons. The van der Waals surface area contributed by atoms with E-state index in [4.69, 9.17) is 16.3 Å². The molecule has 0 spiro atoms. The second-order valence-electron chi connectivity index (χ2n) is 8.51. The molecular weight excluding hydrogens is 587 g/mol. The van der Waals surface area contributed by atoms with Crippen molar-refractivity contribution in [3.05, 3.63) is 99.0 Å². The minimum Gasteiger partial charge on any atom is -0.465 e. The smallest absolute Gasteiger partial charge is 0.417 e. The van der Waals surface area contributed by atoms with Crippen LogP contribution in [0.4, 0.5) is 18.9 Å². The average molecular weight is 609 g/mol. The summed E-state index contributed by atoms with van der Waals surface area (Å²) in [5.74, 6) is -1.04. The van der Waals surface area contributed by atoms with Crippen LogP contribution in [-0.2, 0) is 25.9 Å². The van der Waals surface area contributed by atoms with Crippen LogP contribution in [0.2, 0.25) is 5.02 Å². The van der Waals surface area contributed by atoms with Gasteiger partial charge < -0.3 is 10.1 Å². The number of ether oxygens (including phenoxy) is 1. The second kappa shape index (κ2) is 11.2. The summed E-state index contributed by atoms with van der Waals surface area (Å²) in [6, 6.07) is 18.8. The molecule has 3 aromatic rings. The summed E-state index contributed by atoms with van der Waals surface area (Å²) in [7, 11) is 0. The molecule has 1 heterocycles. The third kappa shape index (κ3) is 5.71. The lowest BCUT2D eigenvalue weighted by Crippen LogP contribution is -2.48. The number of nitrogens with one attached hydrogen (secondary N) is 1.